The Labute approximate surface area is 106 Å². The number of aliphatic hydroxyl groups is 1. The number of nitrogens with two attached hydrogens (primary N) is 1. The molecule has 4 N–H and O–H groups in total. The van der Waals surface area contributed by atoms with Gasteiger partial charge >= 0.3 is 0 Å². The second-order valence-electron chi connectivity index (χ2n) is 3.50. The molecule has 0 atom stereocenters. The molecule has 5 nitrogen and oxygen atoms in total. The van der Waals surface area contributed by atoms with E-state index in [4.69, 9.17) is 10.8 Å². The second kappa shape index (κ2) is 5.95. The summed E-state index contributed by atoms with van der Waals surface area (Å²) in [5.74, 6) is -0.374. The molecule has 1 aromatic carbocycles. The van der Waals surface area contributed by atoms with Crippen molar-refractivity contribution >= 4 is 32.9 Å². The number of sulfonamides is 1. The summed E-state index contributed by atoms with van der Waals surface area (Å²) < 4.78 is 25.4. The van der Waals surface area contributed by atoms with Gasteiger partial charge < -0.3 is 10.8 Å². The Morgan fingerprint density at radius 3 is 2.41 bits per heavy atom. The number of hydrogen-bond acceptors (Lipinski definition) is 4. The molecular formula is C10H14N2O3S2. The fourth-order valence-corrected chi connectivity index (χ4v) is 2.68. The van der Waals surface area contributed by atoms with Crippen LogP contribution in [0.25, 0.3) is 0 Å². The number of thiocarbonyl (C=S) groups is 1. The zero-order chi connectivity index (χ0) is 12.9. The van der Waals surface area contributed by atoms with E-state index in [-0.39, 0.29) is 17.3 Å². The summed E-state index contributed by atoms with van der Waals surface area (Å²) in [7, 11) is -3.52. The van der Waals surface area contributed by atoms with Crippen LogP contribution < -0.4 is 10.5 Å². The molecule has 0 unspecified atom stereocenters. The summed E-state index contributed by atoms with van der Waals surface area (Å²) in [5, 5.41) is 8.73. The van der Waals surface area contributed by atoms with E-state index in [0.717, 1.165) is 5.56 Å². The van der Waals surface area contributed by atoms with Gasteiger partial charge in [0.15, 0.2) is 0 Å². The highest BCUT2D eigenvalue weighted by molar-refractivity contribution is 7.95. The van der Waals surface area contributed by atoms with Gasteiger partial charge in [-0.25, -0.2) is 8.42 Å². The maximum atomic E-state index is 11.5. The number of aliphatic hydroxyl groups excluding tert-OH is 1. The maximum absolute atomic E-state index is 11.5. The summed E-state index contributed by atoms with van der Waals surface area (Å²) in [6.45, 7) is 0.0620. The highest BCUT2D eigenvalue weighted by Crippen LogP contribution is 2.11. The first-order valence-electron chi connectivity index (χ1n) is 4.91. The van der Waals surface area contributed by atoms with Gasteiger partial charge in [-0.15, -0.1) is 0 Å². The van der Waals surface area contributed by atoms with Crippen molar-refractivity contribution in [2.45, 2.75) is 6.42 Å². The quantitative estimate of drug-likeness (QED) is 0.647. The van der Waals surface area contributed by atoms with E-state index in [9.17, 15) is 8.42 Å². The molecule has 0 saturated heterocycles. The van der Waals surface area contributed by atoms with Crippen LogP contribution in [0.5, 0.6) is 0 Å². The molecule has 0 aliphatic carbocycles. The molecule has 0 aromatic heterocycles. The lowest BCUT2D eigenvalue weighted by molar-refractivity contribution is 0.299. The summed E-state index contributed by atoms with van der Waals surface area (Å²) in [5.41, 5.74) is 6.56. The zero-order valence-corrected chi connectivity index (χ0v) is 10.7. The minimum atomic E-state index is -3.52. The third-order valence-electron chi connectivity index (χ3n) is 1.96. The summed E-state index contributed by atoms with van der Waals surface area (Å²) >= 11 is 4.55. The lowest BCUT2D eigenvalue weighted by Crippen LogP contribution is -2.26. The van der Waals surface area contributed by atoms with Gasteiger partial charge in [0, 0.05) is 12.3 Å². The van der Waals surface area contributed by atoms with E-state index >= 15 is 0 Å². The third-order valence-corrected chi connectivity index (χ3v) is 3.52. The Morgan fingerprint density at radius 2 is 1.94 bits per heavy atom. The lowest BCUT2D eigenvalue weighted by atomic mass is 10.1. The van der Waals surface area contributed by atoms with Crippen molar-refractivity contribution in [3.05, 3.63) is 29.8 Å². The molecule has 0 saturated carbocycles. The summed E-state index contributed by atoms with van der Waals surface area (Å²) in [6, 6.07) is 6.74. The van der Waals surface area contributed by atoms with Crippen molar-refractivity contribution in [2.24, 2.45) is 5.73 Å². The lowest BCUT2D eigenvalue weighted by Gasteiger charge is -2.07. The van der Waals surface area contributed by atoms with Crippen LogP contribution in [0, 0.1) is 0 Å². The van der Waals surface area contributed by atoms with Crippen LogP contribution in [0.15, 0.2) is 24.3 Å². The Hall–Kier alpha value is -1.18. The number of nitrogens with one attached hydrogen (secondary N) is 1. The second-order valence-corrected chi connectivity index (χ2v) is 5.74. The molecule has 0 heterocycles. The standard InChI is InChI=1S/C10H14N2O3S2/c11-10(16)7-17(14,15)12-9-3-1-8(2-4-9)5-6-13/h1-4,12-13H,5-7H2,(H2,11,16). The third kappa shape index (κ3) is 5.12. The van der Waals surface area contributed by atoms with Crippen LogP contribution in [0.1, 0.15) is 5.56 Å². The van der Waals surface area contributed by atoms with Crippen LogP contribution in [-0.4, -0.2) is 30.9 Å². The average Bonchev–Trinajstić information content (AvgIpc) is 2.18. The van der Waals surface area contributed by atoms with E-state index in [2.05, 4.69) is 16.9 Å². The molecule has 0 aliphatic heterocycles. The predicted molar refractivity (Wildman–Crippen MR) is 71.4 cm³/mol. The number of hydrogen-bond donors (Lipinski definition) is 3. The highest BCUT2D eigenvalue weighted by Gasteiger charge is 2.11. The zero-order valence-electron chi connectivity index (χ0n) is 9.09. The summed E-state index contributed by atoms with van der Waals surface area (Å²) in [4.78, 5) is -0.0746. The molecule has 0 radical (unpaired) electrons. The van der Waals surface area contributed by atoms with Crippen LogP contribution in [0.3, 0.4) is 0 Å². The fraction of sp³-hybridized carbons (Fsp3) is 0.300. The van der Waals surface area contributed by atoms with Gasteiger partial charge in [-0.3, -0.25) is 4.72 Å². The first-order chi connectivity index (χ1) is 7.93. The van der Waals surface area contributed by atoms with Crippen molar-refractivity contribution in [2.75, 3.05) is 17.1 Å². The van der Waals surface area contributed by atoms with E-state index in [1.54, 1.807) is 24.3 Å². The van der Waals surface area contributed by atoms with Crippen molar-refractivity contribution in [1.82, 2.24) is 0 Å². The minimum Gasteiger partial charge on any atom is -0.396 e. The van der Waals surface area contributed by atoms with Gasteiger partial charge in [0.1, 0.15) is 5.75 Å². The Kier molecular flexibility index (Phi) is 4.86. The van der Waals surface area contributed by atoms with Crippen LogP contribution in [0.4, 0.5) is 5.69 Å². The minimum absolute atomic E-state index is 0.0620. The van der Waals surface area contributed by atoms with E-state index in [1.807, 2.05) is 0 Å². The van der Waals surface area contributed by atoms with E-state index < -0.39 is 10.0 Å². The van der Waals surface area contributed by atoms with Crippen molar-refractivity contribution in [1.29, 1.82) is 0 Å². The predicted octanol–water partition coefficient (Wildman–Crippen LogP) is 0.249. The molecule has 7 heteroatoms. The first-order valence-corrected chi connectivity index (χ1v) is 6.97. The molecule has 1 aromatic rings. The van der Waals surface area contributed by atoms with Crippen molar-refractivity contribution in [3.63, 3.8) is 0 Å². The smallest absolute Gasteiger partial charge is 0.239 e. The fourth-order valence-electron chi connectivity index (χ4n) is 1.27. The Morgan fingerprint density at radius 1 is 1.35 bits per heavy atom. The van der Waals surface area contributed by atoms with Crippen molar-refractivity contribution < 1.29 is 13.5 Å². The topological polar surface area (TPSA) is 92.4 Å². The maximum Gasteiger partial charge on any atom is 0.239 e. The van der Waals surface area contributed by atoms with Gasteiger partial charge in [-0.05, 0) is 24.1 Å². The first kappa shape index (κ1) is 13.9. The molecule has 0 spiro atoms. The monoisotopic (exact) mass is 274 g/mol. The molecule has 0 bridgehead atoms. The average molecular weight is 274 g/mol. The molecule has 94 valence electrons. The highest BCUT2D eigenvalue weighted by atomic mass is 32.2. The van der Waals surface area contributed by atoms with Gasteiger partial charge in [0.05, 0.1) is 4.99 Å². The number of benzene rings is 1. The SMILES string of the molecule is NC(=S)CS(=O)(=O)Nc1ccc(CCO)cc1. The Balaban J connectivity index is 2.72. The van der Waals surface area contributed by atoms with E-state index in [1.165, 1.54) is 0 Å². The van der Waals surface area contributed by atoms with Gasteiger partial charge in [0.2, 0.25) is 10.0 Å². The Bertz CT molecular complexity index is 483. The van der Waals surface area contributed by atoms with Gasteiger partial charge in [0.25, 0.3) is 0 Å². The molecule has 0 aliphatic rings. The molecule has 17 heavy (non-hydrogen) atoms. The largest absolute Gasteiger partial charge is 0.396 e. The van der Waals surface area contributed by atoms with Crippen LogP contribution in [0.2, 0.25) is 0 Å². The molecular weight excluding hydrogens is 260 g/mol. The number of rotatable bonds is 6. The van der Waals surface area contributed by atoms with Crippen LogP contribution >= 0.6 is 12.2 Å². The molecule has 0 amide bonds. The van der Waals surface area contributed by atoms with Gasteiger partial charge in [-0.1, -0.05) is 24.4 Å². The van der Waals surface area contributed by atoms with Crippen molar-refractivity contribution in [3.8, 4) is 0 Å². The van der Waals surface area contributed by atoms with Gasteiger partial charge in [-0.2, -0.15) is 0 Å². The molecule has 0 fully saturated rings. The van der Waals surface area contributed by atoms with Crippen LogP contribution in [-0.2, 0) is 16.4 Å². The summed E-state index contributed by atoms with van der Waals surface area (Å²) in [6.07, 6.45) is 0.542. The normalized spacial score (nSPS) is 11.1. The molecule has 1 rings (SSSR count). The number of anilines is 1. The van der Waals surface area contributed by atoms with E-state index in [0.29, 0.717) is 12.1 Å².